The molecule has 3 nitrogen and oxygen atoms in total. The van der Waals surface area contributed by atoms with Crippen LogP contribution in [0.15, 0.2) is 18.2 Å². The third-order valence-electron chi connectivity index (χ3n) is 3.75. The van der Waals surface area contributed by atoms with E-state index in [4.69, 9.17) is 9.47 Å². The van der Waals surface area contributed by atoms with Crippen molar-refractivity contribution in [2.24, 2.45) is 5.92 Å². The molecule has 0 amide bonds. The lowest BCUT2D eigenvalue weighted by Gasteiger charge is -2.28. The summed E-state index contributed by atoms with van der Waals surface area (Å²) in [7, 11) is 1.61. The predicted molar refractivity (Wildman–Crippen MR) is 75.0 cm³/mol. The van der Waals surface area contributed by atoms with Gasteiger partial charge in [-0.2, -0.15) is 0 Å². The van der Waals surface area contributed by atoms with E-state index in [0.717, 1.165) is 24.5 Å². The van der Waals surface area contributed by atoms with Crippen molar-refractivity contribution in [1.82, 2.24) is 0 Å². The Bertz CT molecular complexity index is 453. The summed E-state index contributed by atoms with van der Waals surface area (Å²) in [5, 5.41) is 0. The second kappa shape index (κ2) is 6.09. The summed E-state index contributed by atoms with van der Waals surface area (Å²) in [6.45, 7) is 3.82. The molecule has 1 fully saturated rings. The Balaban J connectivity index is 2.13. The van der Waals surface area contributed by atoms with E-state index in [9.17, 15) is 4.79 Å². The smallest absolute Gasteiger partial charge is 0.161 e. The third-order valence-corrected chi connectivity index (χ3v) is 3.75. The molecule has 2 unspecified atom stereocenters. The first-order valence-corrected chi connectivity index (χ1v) is 6.95. The van der Waals surface area contributed by atoms with Crippen LogP contribution in [0.1, 0.15) is 49.9 Å². The number of hydrogen-bond donors (Lipinski definition) is 0. The minimum Gasteiger partial charge on any atom is -0.493 e. The summed E-state index contributed by atoms with van der Waals surface area (Å²) < 4.78 is 11.4. The number of hydrogen-bond acceptors (Lipinski definition) is 3. The molecule has 2 rings (SSSR count). The minimum atomic E-state index is 0.0381. The molecule has 1 aliphatic carbocycles. The van der Waals surface area contributed by atoms with Gasteiger partial charge >= 0.3 is 0 Å². The average molecular weight is 262 g/mol. The van der Waals surface area contributed by atoms with Gasteiger partial charge < -0.3 is 9.47 Å². The normalized spacial score (nSPS) is 22.9. The Hall–Kier alpha value is -1.51. The van der Waals surface area contributed by atoms with Gasteiger partial charge in [-0.1, -0.05) is 13.3 Å². The average Bonchev–Trinajstić information content (AvgIpc) is 2.39. The molecule has 1 saturated carbocycles. The first-order valence-electron chi connectivity index (χ1n) is 6.95. The maximum absolute atomic E-state index is 11.4. The van der Waals surface area contributed by atoms with E-state index in [0.29, 0.717) is 11.3 Å². The van der Waals surface area contributed by atoms with Gasteiger partial charge in [-0.25, -0.2) is 0 Å². The van der Waals surface area contributed by atoms with Gasteiger partial charge in [-0.3, -0.25) is 4.79 Å². The van der Waals surface area contributed by atoms with E-state index >= 15 is 0 Å². The summed E-state index contributed by atoms with van der Waals surface area (Å²) in [6, 6.07) is 5.39. The van der Waals surface area contributed by atoms with Gasteiger partial charge in [0.15, 0.2) is 17.3 Å². The maximum Gasteiger partial charge on any atom is 0.161 e. The highest BCUT2D eigenvalue weighted by Gasteiger charge is 2.21. The summed E-state index contributed by atoms with van der Waals surface area (Å²) >= 11 is 0. The fourth-order valence-electron chi connectivity index (χ4n) is 2.65. The van der Waals surface area contributed by atoms with Gasteiger partial charge in [0.25, 0.3) is 0 Å². The monoisotopic (exact) mass is 262 g/mol. The largest absolute Gasteiger partial charge is 0.493 e. The lowest BCUT2D eigenvalue weighted by Crippen LogP contribution is -2.24. The Labute approximate surface area is 114 Å². The van der Waals surface area contributed by atoms with E-state index in [1.165, 1.54) is 12.8 Å². The molecule has 0 radical (unpaired) electrons. The van der Waals surface area contributed by atoms with Gasteiger partial charge in [0.1, 0.15) is 0 Å². The van der Waals surface area contributed by atoms with Crippen LogP contribution in [0.4, 0.5) is 0 Å². The summed E-state index contributed by atoms with van der Waals surface area (Å²) in [6.07, 6.45) is 4.97. The molecule has 1 aromatic rings. The standard InChI is InChI=1S/C16H22O3/c1-11-5-4-6-14(9-11)19-15-8-7-13(12(2)17)10-16(15)18-3/h7-8,10-11,14H,4-6,9H2,1-3H3. The van der Waals surface area contributed by atoms with Crippen LogP contribution >= 0.6 is 0 Å². The SMILES string of the molecule is COc1cc(C(C)=O)ccc1OC1CCCC(C)C1. The van der Waals surface area contributed by atoms with Crippen LogP contribution in [0.5, 0.6) is 11.5 Å². The number of carbonyl (C=O) groups is 1. The quantitative estimate of drug-likeness (QED) is 0.773. The second-order valence-corrected chi connectivity index (χ2v) is 5.43. The van der Waals surface area contributed by atoms with E-state index in [1.54, 1.807) is 26.2 Å². The van der Waals surface area contributed by atoms with Crippen molar-refractivity contribution >= 4 is 5.78 Å². The highest BCUT2D eigenvalue weighted by molar-refractivity contribution is 5.94. The predicted octanol–water partition coefficient (Wildman–Crippen LogP) is 3.86. The van der Waals surface area contributed by atoms with Gasteiger partial charge in [-0.15, -0.1) is 0 Å². The number of methoxy groups -OCH3 is 1. The molecule has 0 heterocycles. The third kappa shape index (κ3) is 3.49. The number of benzene rings is 1. The summed E-state index contributed by atoms with van der Waals surface area (Å²) in [4.78, 5) is 11.4. The molecule has 0 saturated heterocycles. The first kappa shape index (κ1) is 13.9. The fourth-order valence-corrected chi connectivity index (χ4v) is 2.65. The molecule has 2 atom stereocenters. The highest BCUT2D eigenvalue weighted by Crippen LogP contribution is 2.33. The van der Waals surface area contributed by atoms with Crippen LogP contribution in [0, 0.1) is 5.92 Å². The topological polar surface area (TPSA) is 35.5 Å². The zero-order valence-electron chi connectivity index (χ0n) is 11.9. The Morgan fingerprint density at radius 1 is 1.26 bits per heavy atom. The van der Waals surface area contributed by atoms with E-state index in [-0.39, 0.29) is 11.9 Å². The molecular formula is C16H22O3. The van der Waals surface area contributed by atoms with E-state index < -0.39 is 0 Å². The maximum atomic E-state index is 11.4. The molecular weight excluding hydrogens is 240 g/mol. The molecule has 0 aromatic heterocycles. The van der Waals surface area contributed by atoms with Gasteiger partial charge in [0, 0.05) is 5.56 Å². The summed E-state index contributed by atoms with van der Waals surface area (Å²) in [5.41, 5.74) is 0.654. The van der Waals surface area contributed by atoms with Crippen LogP contribution < -0.4 is 9.47 Å². The van der Waals surface area contributed by atoms with Crippen LogP contribution in [-0.2, 0) is 0 Å². The number of ether oxygens (including phenoxy) is 2. The molecule has 19 heavy (non-hydrogen) atoms. The van der Waals surface area contributed by atoms with Gasteiger partial charge in [0.2, 0.25) is 0 Å². The van der Waals surface area contributed by atoms with Gasteiger partial charge in [0.05, 0.1) is 13.2 Å². The van der Waals surface area contributed by atoms with E-state index in [1.807, 2.05) is 6.07 Å². The fraction of sp³-hybridized carbons (Fsp3) is 0.562. The molecule has 3 heteroatoms. The molecule has 0 bridgehead atoms. The lowest BCUT2D eigenvalue weighted by atomic mass is 9.89. The van der Waals surface area contributed by atoms with Crippen LogP contribution in [0.2, 0.25) is 0 Å². The van der Waals surface area contributed by atoms with Crippen molar-refractivity contribution in [1.29, 1.82) is 0 Å². The Morgan fingerprint density at radius 2 is 2.05 bits per heavy atom. The molecule has 1 aliphatic rings. The van der Waals surface area contributed by atoms with Crippen molar-refractivity contribution < 1.29 is 14.3 Å². The number of Topliss-reactive ketones (excluding diaryl/α,β-unsaturated/α-hetero) is 1. The Kier molecular flexibility index (Phi) is 4.46. The van der Waals surface area contributed by atoms with E-state index in [2.05, 4.69) is 6.92 Å². The van der Waals surface area contributed by atoms with Crippen molar-refractivity contribution in [3.8, 4) is 11.5 Å². The second-order valence-electron chi connectivity index (χ2n) is 5.43. The molecule has 104 valence electrons. The number of rotatable bonds is 4. The zero-order valence-corrected chi connectivity index (χ0v) is 11.9. The molecule has 0 spiro atoms. The van der Waals surface area contributed by atoms with Crippen LogP contribution in [0.25, 0.3) is 0 Å². The van der Waals surface area contributed by atoms with Crippen LogP contribution in [-0.4, -0.2) is 19.0 Å². The van der Waals surface area contributed by atoms with Crippen molar-refractivity contribution in [3.05, 3.63) is 23.8 Å². The Morgan fingerprint density at radius 3 is 2.68 bits per heavy atom. The van der Waals surface area contributed by atoms with Crippen molar-refractivity contribution in [2.45, 2.75) is 45.6 Å². The molecule has 0 N–H and O–H groups in total. The van der Waals surface area contributed by atoms with Crippen molar-refractivity contribution in [2.75, 3.05) is 7.11 Å². The first-order chi connectivity index (χ1) is 9.10. The minimum absolute atomic E-state index is 0.0381. The van der Waals surface area contributed by atoms with Gasteiger partial charge in [-0.05, 0) is 50.3 Å². The summed E-state index contributed by atoms with van der Waals surface area (Å²) in [5.74, 6) is 2.15. The lowest BCUT2D eigenvalue weighted by molar-refractivity contribution is 0.101. The number of ketones is 1. The zero-order chi connectivity index (χ0) is 13.8. The number of carbonyl (C=O) groups excluding carboxylic acids is 1. The molecule has 0 aliphatic heterocycles. The molecule has 1 aromatic carbocycles. The van der Waals surface area contributed by atoms with Crippen LogP contribution in [0.3, 0.4) is 0 Å². The van der Waals surface area contributed by atoms with Crippen molar-refractivity contribution in [3.63, 3.8) is 0 Å². The highest BCUT2D eigenvalue weighted by atomic mass is 16.5.